The zero-order valence-electron chi connectivity index (χ0n) is 11.5. The number of nitrogens with one attached hydrogen (secondary N) is 1. The molecule has 1 unspecified atom stereocenters. The number of benzene rings is 1. The lowest BCUT2D eigenvalue weighted by molar-refractivity contribution is 0.473. The Hall–Kier alpha value is -1.79. The summed E-state index contributed by atoms with van der Waals surface area (Å²) in [6.07, 6.45) is 3.00. The Labute approximate surface area is 116 Å². The molecule has 2 rings (SSSR count). The fraction of sp³-hybridized carbons (Fsp3) is 0.357. The highest BCUT2D eigenvalue weighted by Gasteiger charge is 2.17. The smallest absolute Gasteiger partial charge is 0.130 e. The molecule has 0 aliphatic rings. The van der Waals surface area contributed by atoms with Gasteiger partial charge in [-0.15, -0.1) is 0 Å². The average Bonchev–Trinajstić information content (AvgIpc) is 2.81. The lowest BCUT2D eigenvalue weighted by Crippen LogP contribution is -2.29. The normalized spacial score (nSPS) is 12.7. The van der Waals surface area contributed by atoms with Crippen LogP contribution < -0.4 is 11.3 Å². The Morgan fingerprint density at radius 2 is 2.10 bits per heavy atom. The van der Waals surface area contributed by atoms with Crippen LogP contribution in [0.1, 0.15) is 29.3 Å². The molecular weight excluding hydrogens is 262 g/mol. The number of hydrogen-bond acceptors (Lipinski definition) is 3. The largest absolute Gasteiger partial charge is 0.273 e. The molecule has 1 atom stereocenters. The molecule has 1 aromatic carbocycles. The summed E-state index contributed by atoms with van der Waals surface area (Å²) in [4.78, 5) is 0. The Morgan fingerprint density at radius 1 is 1.35 bits per heavy atom. The van der Waals surface area contributed by atoms with Gasteiger partial charge in [0.25, 0.3) is 0 Å². The molecule has 1 aromatic heterocycles. The zero-order chi connectivity index (χ0) is 14.7. The molecule has 0 fully saturated rings. The van der Waals surface area contributed by atoms with Crippen LogP contribution in [0.3, 0.4) is 0 Å². The van der Waals surface area contributed by atoms with Gasteiger partial charge in [-0.25, -0.2) is 8.78 Å². The van der Waals surface area contributed by atoms with Crippen LogP contribution in [-0.4, -0.2) is 9.78 Å². The number of hydrogen-bond donors (Lipinski definition) is 2. The van der Waals surface area contributed by atoms with E-state index >= 15 is 0 Å². The van der Waals surface area contributed by atoms with E-state index in [1.807, 2.05) is 13.1 Å². The second-order valence-electron chi connectivity index (χ2n) is 4.83. The van der Waals surface area contributed by atoms with E-state index in [1.54, 1.807) is 17.8 Å². The monoisotopic (exact) mass is 280 g/mol. The second-order valence-corrected chi connectivity index (χ2v) is 4.83. The third-order valence-electron chi connectivity index (χ3n) is 3.47. The van der Waals surface area contributed by atoms with Crippen LogP contribution in [0.15, 0.2) is 24.4 Å². The van der Waals surface area contributed by atoms with Gasteiger partial charge in [-0.3, -0.25) is 16.0 Å². The fourth-order valence-corrected chi connectivity index (χ4v) is 2.21. The summed E-state index contributed by atoms with van der Waals surface area (Å²) in [6.45, 7) is 1.60. The first-order valence-corrected chi connectivity index (χ1v) is 6.41. The maximum Gasteiger partial charge on any atom is 0.130 e. The van der Waals surface area contributed by atoms with Gasteiger partial charge in [-0.05, 0) is 37.5 Å². The van der Waals surface area contributed by atoms with E-state index in [4.69, 9.17) is 5.84 Å². The molecule has 0 saturated carbocycles. The first-order valence-electron chi connectivity index (χ1n) is 6.41. The van der Waals surface area contributed by atoms with Gasteiger partial charge in [0.2, 0.25) is 0 Å². The maximum absolute atomic E-state index is 13.9. The van der Waals surface area contributed by atoms with Crippen molar-refractivity contribution in [1.82, 2.24) is 15.2 Å². The summed E-state index contributed by atoms with van der Waals surface area (Å²) in [5.41, 5.74) is 4.42. The van der Waals surface area contributed by atoms with Gasteiger partial charge in [-0.1, -0.05) is 0 Å². The summed E-state index contributed by atoms with van der Waals surface area (Å²) < 4.78 is 28.9. The molecule has 2 aromatic rings. The Kier molecular flexibility index (Phi) is 4.46. The molecule has 0 saturated heterocycles. The molecular formula is C14H18F2N4. The van der Waals surface area contributed by atoms with Crippen LogP contribution in [0.25, 0.3) is 0 Å². The summed E-state index contributed by atoms with van der Waals surface area (Å²) in [6, 6.07) is 3.93. The zero-order valence-corrected chi connectivity index (χ0v) is 11.5. The third kappa shape index (κ3) is 3.02. The lowest BCUT2D eigenvalue weighted by Gasteiger charge is -2.18. The summed E-state index contributed by atoms with van der Waals surface area (Å²) in [5, 5.41) is 4.08. The topological polar surface area (TPSA) is 55.9 Å². The van der Waals surface area contributed by atoms with Crippen molar-refractivity contribution in [3.05, 3.63) is 52.9 Å². The lowest BCUT2D eigenvalue weighted by atomic mass is 9.99. The summed E-state index contributed by atoms with van der Waals surface area (Å²) in [5.74, 6) is 4.38. The van der Waals surface area contributed by atoms with E-state index in [0.29, 0.717) is 24.0 Å². The number of hydrazine groups is 1. The van der Waals surface area contributed by atoms with Crippen LogP contribution in [-0.2, 0) is 13.5 Å². The molecule has 108 valence electrons. The van der Waals surface area contributed by atoms with E-state index < -0.39 is 11.6 Å². The van der Waals surface area contributed by atoms with Crippen molar-refractivity contribution < 1.29 is 8.78 Å². The van der Waals surface area contributed by atoms with Crippen molar-refractivity contribution in [3.8, 4) is 0 Å². The van der Waals surface area contributed by atoms with Crippen molar-refractivity contribution >= 4 is 0 Å². The van der Waals surface area contributed by atoms with Crippen LogP contribution in [0, 0.1) is 18.6 Å². The highest BCUT2D eigenvalue weighted by Crippen LogP contribution is 2.24. The fourth-order valence-electron chi connectivity index (χ4n) is 2.21. The molecule has 0 spiro atoms. The van der Waals surface area contributed by atoms with Gasteiger partial charge in [0, 0.05) is 36.6 Å². The van der Waals surface area contributed by atoms with E-state index in [2.05, 4.69) is 10.5 Å². The molecule has 20 heavy (non-hydrogen) atoms. The van der Waals surface area contributed by atoms with Gasteiger partial charge in [0.05, 0.1) is 0 Å². The SMILES string of the molecule is Cc1cc(C(CCc2ccnn2C)NN)c(F)cc1F. The minimum atomic E-state index is -0.582. The van der Waals surface area contributed by atoms with Crippen molar-refractivity contribution in [2.45, 2.75) is 25.8 Å². The van der Waals surface area contributed by atoms with Crippen LogP contribution in [0.5, 0.6) is 0 Å². The predicted octanol–water partition coefficient (Wildman–Crippen LogP) is 2.14. The number of nitrogens with zero attached hydrogens (tertiary/aromatic N) is 2. The summed E-state index contributed by atoms with van der Waals surface area (Å²) in [7, 11) is 1.85. The molecule has 3 N–H and O–H groups in total. The van der Waals surface area contributed by atoms with Gasteiger partial charge < -0.3 is 0 Å². The van der Waals surface area contributed by atoms with Crippen LogP contribution >= 0.6 is 0 Å². The highest BCUT2D eigenvalue weighted by atomic mass is 19.1. The maximum atomic E-state index is 13.9. The second kappa shape index (κ2) is 6.11. The Bertz CT molecular complexity index is 595. The number of rotatable bonds is 5. The van der Waals surface area contributed by atoms with E-state index in [9.17, 15) is 8.78 Å². The van der Waals surface area contributed by atoms with E-state index in [0.717, 1.165) is 11.8 Å². The van der Waals surface area contributed by atoms with Crippen molar-refractivity contribution in [2.75, 3.05) is 0 Å². The Balaban J connectivity index is 2.16. The number of nitrogens with two attached hydrogens (primary N) is 1. The van der Waals surface area contributed by atoms with Gasteiger partial charge in [0.15, 0.2) is 0 Å². The molecule has 0 amide bonds. The standard InChI is InChI=1S/C14H18F2N4/c1-9-7-11(13(16)8-12(9)15)14(19-17)4-3-10-5-6-18-20(10)2/h5-8,14,19H,3-4,17H2,1-2H3. The van der Waals surface area contributed by atoms with Gasteiger partial charge >= 0.3 is 0 Å². The first-order chi connectivity index (χ1) is 9.52. The summed E-state index contributed by atoms with van der Waals surface area (Å²) >= 11 is 0. The third-order valence-corrected chi connectivity index (χ3v) is 3.47. The molecule has 0 radical (unpaired) electrons. The predicted molar refractivity (Wildman–Crippen MR) is 72.7 cm³/mol. The Morgan fingerprint density at radius 3 is 2.70 bits per heavy atom. The van der Waals surface area contributed by atoms with Gasteiger partial charge in [-0.2, -0.15) is 5.10 Å². The molecule has 4 nitrogen and oxygen atoms in total. The van der Waals surface area contributed by atoms with Crippen LogP contribution in [0.2, 0.25) is 0 Å². The van der Waals surface area contributed by atoms with Crippen molar-refractivity contribution in [2.24, 2.45) is 12.9 Å². The number of aryl methyl sites for hydroxylation is 3. The molecule has 0 aliphatic heterocycles. The quantitative estimate of drug-likeness (QED) is 0.652. The first kappa shape index (κ1) is 14.6. The van der Waals surface area contributed by atoms with Crippen molar-refractivity contribution in [1.29, 1.82) is 0 Å². The molecule has 0 aliphatic carbocycles. The molecule has 0 bridgehead atoms. The van der Waals surface area contributed by atoms with Gasteiger partial charge in [0.1, 0.15) is 11.6 Å². The van der Waals surface area contributed by atoms with E-state index in [1.165, 1.54) is 6.07 Å². The minimum absolute atomic E-state index is 0.371. The van der Waals surface area contributed by atoms with E-state index in [-0.39, 0.29) is 6.04 Å². The molecule has 6 heteroatoms. The average molecular weight is 280 g/mol. The number of halogens is 2. The van der Waals surface area contributed by atoms with Crippen LogP contribution in [0.4, 0.5) is 8.78 Å². The number of aromatic nitrogens is 2. The minimum Gasteiger partial charge on any atom is -0.273 e. The highest BCUT2D eigenvalue weighted by molar-refractivity contribution is 5.28. The van der Waals surface area contributed by atoms with Crippen molar-refractivity contribution in [3.63, 3.8) is 0 Å². The molecule has 1 heterocycles.